The lowest BCUT2D eigenvalue weighted by atomic mass is 10.0. The SMILES string of the molecule is CC(C)CCCCCCCCCCCCCCCCCCCCC(=O)OC[C@H](COP(=O)(O)OCC(O)COP(=O)(O)OC[C@@H](COC(=O)CCCCCCCCC(C)C)OC(=O)CCCCCCCCCCCCCCCCCCC(C)C)OC(=O)CCCCCCCCCCCC(C)C. The van der Waals surface area contributed by atoms with Gasteiger partial charge in [0.15, 0.2) is 12.2 Å². The number of hydrogen-bond acceptors (Lipinski definition) is 15. The van der Waals surface area contributed by atoms with Crippen LogP contribution >= 0.6 is 15.6 Å². The van der Waals surface area contributed by atoms with Gasteiger partial charge >= 0.3 is 39.5 Å². The molecule has 0 aliphatic heterocycles. The molecule has 0 aromatic carbocycles. The Morgan fingerprint density at radius 3 is 0.614 bits per heavy atom. The van der Waals surface area contributed by atoms with Gasteiger partial charge in [-0.3, -0.25) is 37.3 Å². The predicted octanol–water partition coefficient (Wildman–Crippen LogP) is 24.4. The van der Waals surface area contributed by atoms with Gasteiger partial charge in [0.1, 0.15) is 19.3 Å². The third-order valence-electron chi connectivity index (χ3n) is 19.1. The molecule has 600 valence electrons. The second-order valence-corrected chi connectivity index (χ2v) is 34.3. The van der Waals surface area contributed by atoms with Crippen LogP contribution in [0, 0.1) is 23.7 Å². The van der Waals surface area contributed by atoms with Crippen molar-refractivity contribution >= 4 is 39.5 Å². The van der Waals surface area contributed by atoms with E-state index in [-0.39, 0.29) is 25.7 Å². The fourth-order valence-corrected chi connectivity index (χ4v) is 14.2. The average Bonchev–Trinajstić information content (AvgIpc) is 2.39. The summed E-state index contributed by atoms with van der Waals surface area (Å²) in [6.07, 6.45) is 58.6. The summed E-state index contributed by atoms with van der Waals surface area (Å²) >= 11 is 0. The van der Waals surface area contributed by atoms with Crippen LogP contribution in [0.3, 0.4) is 0 Å². The van der Waals surface area contributed by atoms with Crippen LogP contribution in [-0.4, -0.2) is 96.7 Å². The van der Waals surface area contributed by atoms with Crippen LogP contribution in [0.1, 0.15) is 421 Å². The van der Waals surface area contributed by atoms with Crippen LogP contribution in [0.15, 0.2) is 0 Å². The lowest BCUT2D eigenvalue weighted by Gasteiger charge is -2.21. The van der Waals surface area contributed by atoms with E-state index in [4.69, 9.17) is 37.0 Å². The van der Waals surface area contributed by atoms with Crippen LogP contribution in [0.4, 0.5) is 0 Å². The summed E-state index contributed by atoms with van der Waals surface area (Å²) in [4.78, 5) is 73.0. The normalized spacial score (nSPS) is 14.0. The Balaban J connectivity index is 5.15. The molecular formula is C82H160O17P2. The van der Waals surface area contributed by atoms with Crippen LogP contribution in [0.2, 0.25) is 0 Å². The van der Waals surface area contributed by atoms with Gasteiger partial charge in [-0.25, -0.2) is 9.13 Å². The second kappa shape index (κ2) is 71.0. The maximum Gasteiger partial charge on any atom is 0.472 e. The van der Waals surface area contributed by atoms with E-state index >= 15 is 0 Å². The van der Waals surface area contributed by atoms with Gasteiger partial charge in [0, 0.05) is 25.7 Å². The molecule has 3 N–H and O–H groups in total. The summed E-state index contributed by atoms with van der Waals surface area (Å²) < 4.78 is 68.7. The van der Waals surface area contributed by atoms with E-state index in [1.807, 2.05) is 0 Å². The zero-order valence-corrected chi connectivity index (χ0v) is 68.3. The summed E-state index contributed by atoms with van der Waals surface area (Å²) in [5, 5.41) is 10.6. The molecule has 3 unspecified atom stereocenters. The fourth-order valence-electron chi connectivity index (χ4n) is 12.6. The van der Waals surface area contributed by atoms with E-state index in [2.05, 4.69) is 55.4 Å². The van der Waals surface area contributed by atoms with Crippen molar-refractivity contribution in [3.63, 3.8) is 0 Å². The Labute approximate surface area is 619 Å². The van der Waals surface area contributed by atoms with Gasteiger partial charge in [0.2, 0.25) is 0 Å². The molecule has 0 amide bonds. The summed E-state index contributed by atoms with van der Waals surface area (Å²) in [6, 6.07) is 0. The standard InChI is InChI=1S/C82H160O17P2/c1-72(2)58-50-42-34-28-23-19-15-11-9-10-12-17-21-25-31-37-46-54-62-79(84)92-68-77(98-82(87)65-57-49-39-33-27-30-36-44-52-60-74(5)6)70-96-100(88,89)94-66-76(83)67-95-101(90,91)97-71-78(69-93-80(85)63-55-47-41-40-45-53-61-75(7)8)99-81(86)64-56-48-38-32-26-22-18-14-13-16-20-24-29-35-43-51-59-73(3)4/h72-78,83H,9-71H2,1-8H3,(H,88,89)(H,90,91)/t76?,77-,78-/m1/s1. The van der Waals surface area contributed by atoms with Crippen molar-refractivity contribution in [1.29, 1.82) is 0 Å². The molecule has 0 fully saturated rings. The zero-order chi connectivity index (χ0) is 74.6. The molecule has 19 heteroatoms. The van der Waals surface area contributed by atoms with E-state index in [0.717, 1.165) is 114 Å². The van der Waals surface area contributed by atoms with Crippen LogP contribution in [0.5, 0.6) is 0 Å². The Morgan fingerprint density at radius 2 is 0.416 bits per heavy atom. The highest BCUT2D eigenvalue weighted by Gasteiger charge is 2.30. The minimum absolute atomic E-state index is 0.105. The highest BCUT2D eigenvalue weighted by molar-refractivity contribution is 7.47. The molecule has 0 saturated heterocycles. The largest absolute Gasteiger partial charge is 0.472 e. The van der Waals surface area contributed by atoms with E-state index in [9.17, 15) is 43.2 Å². The first-order valence-corrected chi connectivity index (χ1v) is 45.2. The molecule has 0 bridgehead atoms. The van der Waals surface area contributed by atoms with Crippen LogP contribution in [0.25, 0.3) is 0 Å². The number of carbonyl (C=O) groups is 4. The number of aliphatic hydroxyl groups is 1. The van der Waals surface area contributed by atoms with E-state index in [1.165, 1.54) is 218 Å². The molecule has 17 nitrogen and oxygen atoms in total. The highest BCUT2D eigenvalue weighted by atomic mass is 31.2. The highest BCUT2D eigenvalue weighted by Crippen LogP contribution is 2.45. The van der Waals surface area contributed by atoms with E-state index in [0.29, 0.717) is 31.6 Å². The van der Waals surface area contributed by atoms with Gasteiger partial charge in [-0.1, -0.05) is 370 Å². The second-order valence-electron chi connectivity index (χ2n) is 31.4. The van der Waals surface area contributed by atoms with Gasteiger partial charge in [-0.2, -0.15) is 0 Å². The van der Waals surface area contributed by atoms with Gasteiger partial charge < -0.3 is 33.8 Å². The minimum atomic E-state index is -4.96. The molecular weight excluding hydrogens is 1320 g/mol. The fraction of sp³-hybridized carbons (Fsp3) is 0.951. The summed E-state index contributed by atoms with van der Waals surface area (Å²) in [5.41, 5.74) is 0. The summed E-state index contributed by atoms with van der Waals surface area (Å²) in [6.45, 7) is 14.2. The van der Waals surface area contributed by atoms with Gasteiger partial charge in [-0.15, -0.1) is 0 Å². The van der Waals surface area contributed by atoms with Gasteiger partial charge in [-0.05, 0) is 49.4 Å². The Morgan fingerprint density at radius 1 is 0.248 bits per heavy atom. The lowest BCUT2D eigenvalue weighted by Crippen LogP contribution is -2.30. The number of unbranched alkanes of at least 4 members (excludes halogenated alkanes) is 45. The topological polar surface area (TPSA) is 237 Å². The van der Waals surface area contributed by atoms with Crippen molar-refractivity contribution in [2.75, 3.05) is 39.6 Å². The maximum absolute atomic E-state index is 13.1. The van der Waals surface area contributed by atoms with Crippen molar-refractivity contribution in [2.24, 2.45) is 23.7 Å². The third kappa shape index (κ3) is 76.1. The molecule has 0 heterocycles. The number of rotatable bonds is 79. The Hall–Kier alpha value is -1.94. The molecule has 0 rings (SSSR count). The van der Waals surface area contributed by atoms with Crippen LogP contribution < -0.4 is 0 Å². The molecule has 0 spiro atoms. The summed E-state index contributed by atoms with van der Waals surface area (Å²) in [5.74, 6) is 0.932. The quantitative estimate of drug-likeness (QED) is 0.0222. The Kier molecular flexibility index (Phi) is 69.6. The Bertz CT molecular complexity index is 1970. The third-order valence-corrected chi connectivity index (χ3v) is 21.0. The predicted molar refractivity (Wildman–Crippen MR) is 414 cm³/mol. The number of aliphatic hydroxyl groups excluding tert-OH is 1. The number of carbonyl (C=O) groups excluding carboxylic acids is 4. The summed E-state index contributed by atoms with van der Waals surface area (Å²) in [7, 11) is -9.92. The van der Waals surface area contributed by atoms with Crippen LogP contribution in [-0.2, 0) is 65.4 Å². The molecule has 0 radical (unpaired) electrons. The zero-order valence-electron chi connectivity index (χ0n) is 66.5. The molecule has 0 aromatic heterocycles. The monoisotopic (exact) mass is 1480 g/mol. The number of phosphoric ester groups is 2. The smallest absolute Gasteiger partial charge is 0.462 e. The van der Waals surface area contributed by atoms with Crippen molar-refractivity contribution in [3.8, 4) is 0 Å². The molecule has 0 aromatic rings. The van der Waals surface area contributed by atoms with Crippen molar-refractivity contribution < 1.29 is 80.2 Å². The number of phosphoric acid groups is 2. The molecule has 0 aliphatic carbocycles. The first-order chi connectivity index (χ1) is 48.6. The van der Waals surface area contributed by atoms with Gasteiger partial charge in [0.05, 0.1) is 26.4 Å². The maximum atomic E-state index is 13.1. The van der Waals surface area contributed by atoms with E-state index < -0.39 is 97.5 Å². The van der Waals surface area contributed by atoms with Crippen molar-refractivity contribution in [2.45, 2.75) is 440 Å². The van der Waals surface area contributed by atoms with Crippen molar-refractivity contribution in [1.82, 2.24) is 0 Å². The first-order valence-electron chi connectivity index (χ1n) is 42.2. The minimum Gasteiger partial charge on any atom is -0.462 e. The molecule has 5 atom stereocenters. The molecule has 0 aliphatic rings. The van der Waals surface area contributed by atoms with Gasteiger partial charge in [0.25, 0.3) is 0 Å². The average molecular weight is 1480 g/mol. The first kappa shape index (κ1) is 99.1. The number of hydrogen-bond donors (Lipinski definition) is 3. The number of ether oxygens (including phenoxy) is 4. The van der Waals surface area contributed by atoms with E-state index in [1.54, 1.807) is 0 Å². The van der Waals surface area contributed by atoms with Crippen molar-refractivity contribution in [3.05, 3.63) is 0 Å². The number of esters is 4. The molecule has 0 saturated carbocycles. The molecule has 101 heavy (non-hydrogen) atoms. The lowest BCUT2D eigenvalue weighted by molar-refractivity contribution is -0.161.